The van der Waals surface area contributed by atoms with Crippen LogP contribution in [0.15, 0.2) is 48.5 Å². The molecular weight excluding hydrogens is 332 g/mol. The largest absolute Gasteiger partial charge is 0.462 e. The first-order valence-electron chi connectivity index (χ1n) is 8.73. The lowest BCUT2D eigenvalue weighted by Gasteiger charge is -2.13. The maximum atomic E-state index is 12.1. The molecule has 1 saturated heterocycles. The van der Waals surface area contributed by atoms with Gasteiger partial charge in [-0.15, -0.1) is 0 Å². The van der Waals surface area contributed by atoms with Crippen molar-refractivity contribution in [2.24, 2.45) is 0 Å². The van der Waals surface area contributed by atoms with Crippen LogP contribution < -0.4 is 10.6 Å². The number of carbonyl (C=O) groups excluding carboxylic acids is 2. The lowest BCUT2D eigenvalue weighted by atomic mass is 10.1. The molecule has 6 nitrogen and oxygen atoms in total. The third-order valence-corrected chi connectivity index (χ3v) is 4.08. The van der Waals surface area contributed by atoms with Crippen LogP contribution in [0.5, 0.6) is 0 Å². The topological polar surface area (TPSA) is 76.7 Å². The lowest BCUT2D eigenvalue weighted by molar-refractivity contribution is -0.124. The van der Waals surface area contributed by atoms with E-state index in [1.165, 1.54) is 0 Å². The molecule has 1 amide bonds. The summed E-state index contributed by atoms with van der Waals surface area (Å²) in [6.07, 6.45) is 1.32. The van der Waals surface area contributed by atoms with E-state index < -0.39 is 0 Å². The van der Waals surface area contributed by atoms with Crippen LogP contribution in [0.1, 0.15) is 30.1 Å². The van der Waals surface area contributed by atoms with Crippen molar-refractivity contribution in [1.82, 2.24) is 0 Å². The van der Waals surface area contributed by atoms with Crippen molar-refractivity contribution in [3.63, 3.8) is 0 Å². The molecule has 0 bridgehead atoms. The van der Waals surface area contributed by atoms with Gasteiger partial charge in [0.15, 0.2) is 0 Å². The third-order valence-electron chi connectivity index (χ3n) is 4.08. The van der Waals surface area contributed by atoms with Gasteiger partial charge in [0.25, 0.3) is 5.91 Å². The lowest BCUT2D eigenvalue weighted by Crippen LogP contribution is -2.26. The zero-order chi connectivity index (χ0) is 18.4. The van der Waals surface area contributed by atoms with Crippen molar-refractivity contribution < 1.29 is 19.1 Å². The minimum atomic E-state index is -0.365. The summed E-state index contributed by atoms with van der Waals surface area (Å²) in [7, 11) is 0. The smallest absolute Gasteiger partial charge is 0.340 e. The second-order valence-corrected chi connectivity index (χ2v) is 5.96. The van der Waals surface area contributed by atoms with Gasteiger partial charge in [-0.25, -0.2) is 4.79 Å². The number of hydrogen-bond acceptors (Lipinski definition) is 5. The van der Waals surface area contributed by atoms with E-state index in [2.05, 4.69) is 10.6 Å². The Hall–Kier alpha value is -2.86. The zero-order valence-electron chi connectivity index (χ0n) is 14.7. The zero-order valence-corrected chi connectivity index (χ0v) is 14.7. The van der Waals surface area contributed by atoms with Crippen molar-refractivity contribution in [3.8, 4) is 0 Å². The van der Waals surface area contributed by atoms with E-state index in [0.29, 0.717) is 30.2 Å². The molecule has 0 aromatic heterocycles. The standard InChI is InChI=1S/C20H22N2O4/c1-2-25-20(24)16-6-3-4-7-17(16)21-14-9-11-15(12-10-14)22-19(23)18-8-5-13-26-18/h3-4,6-7,9-12,18,21H,2,5,8,13H2,1H3,(H,22,23). The summed E-state index contributed by atoms with van der Waals surface area (Å²) in [6, 6.07) is 14.5. The molecule has 2 aromatic carbocycles. The van der Waals surface area contributed by atoms with Gasteiger partial charge < -0.3 is 20.1 Å². The highest BCUT2D eigenvalue weighted by Gasteiger charge is 2.23. The number of carbonyl (C=O) groups is 2. The molecule has 0 aliphatic carbocycles. The van der Waals surface area contributed by atoms with Crippen molar-refractivity contribution in [2.45, 2.75) is 25.9 Å². The highest BCUT2D eigenvalue weighted by molar-refractivity contribution is 5.97. The molecule has 1 aliphatic rings. The molecule has 6 heteroatoms. The molecule has 1 heterocycles. The molecule has 26 heavy (non-hydrogen) atoms. The number of hydrogen-bond donors (Lipinski definition) is 2. The van der Waals surface area contributed by atoms with Crippen LogP contribution in [0.25, 0.3) is 0 Å². The Bertz CT molecular complexity index is 768. The first-order valence-corrected chi connectivity index (χ1v) is 8.73. The molecule has 0 saturated carbocycles. The van der Waals surface area contributed by atoms with Crippen LogP contribution >= 0.6 is 0 Å². The van der Waals surface area contributed by atoms with Crippen molar-refractivity contribution >= 4 is 28.9 Å². The number of anilines is 3. The predicted octanol–water partition coefficient (Wildman–Crippen LogP) is 3.72. The second kappa shape index (κ2) is 8.49. The number of rotatable bonds is 6. The first-order chi connectivity index (χ1) is 12.7. The van der Waals surface area contributed by atoms with E-state index >= 15 is 0 Å². The second-order valence-electron chi connectivity index (χ2n) is 5.96. The van der Waals surface area contributed by atoms with Gasteiger partial charge in [0.2, 0.25) is 0 Å². The van der Waals surface area contributed by atoms with Crippen LogP contribution in [-0.4, -0.2) is 31.2 Å². The summed E-state index contributed by atoms with van der Waals surface area (Å²) < 4.78 is 10.5. The van der Waals surface area contributed by atoms with Crippen LogP contribution in [0.3, 0.4) is 0 Å². The number of nitrogens with one attached hydrogen (secondary N) is 2. The highest BCUT2D eigenvalue weighted by atomic mass is 16.5. The minimum absolute atomic E-state index is 0.115. The van der Waals surface area contributed by atoms with Gasteiger partial charge in [0, 0.05) is 18.0 Å². The molecule has 2 N–H and O–H groups in total. The molecule has 2 aromatic rings. The van der Waals surface area contributed by atoms with Gasteiger partial charge in [-0.3, -0.25) is 4.79 Å². The van der Waals surface area contributed by atoms with Gasteiger partial charge >= 0.3 is 5.97 Å². The van der Waals surface area contributed by atoms with Crippen LogP contribution in [0.4, 0.5) is 17.1 Å². The fourth-order valence-corrected chi connectivity index (χ4v) is 2.78. The monoisotopic (exact) mass is 354 g/mol. The Kier molecular flexibility index (Phi) is 5.86. The average molecular weight is 354 g/mol. The maximum Gasteiger partial charge on any atom is 0.340 e. The number of esters is 1. The SMILES string of the molecule is CCOC(=O)c1ccccc1Nc1ccc(NC(=O)C2CCCO2)cc1. The summed E-state index contributed by atoms with van der Waals surface area (Å²) in [6.45, 7) is 2.74. The van der Waals surface area contributed by atoms with E-state index in [1.54, 1.807) is 19.1 Å². The Balaban J connectivity index is 1.66. The third kappa shape index (κ3) is 4.40. The Morgan fingerprint density at radius 2 is 1.85 bits per heavy atom. The van der Waals surface area contributed by atoms with Crippen LogP contribution in [0.2, 0.25) is 0 Å². The summed E-state index contributed by atoms with van der Waals surface area (Å²) >= 11 is 0. The summed E-state index contributed by atoms with van der Waals surface area (Å²) in [5.74, 6) is -0.480. The number of ether oxygens (including phenoxy) is 2. The highest BCUT2D eigenvalue weighted by Crippen LogP contribution is 2.23. The number of para-hydroxylation sites is 1. The van der Waals surface area contributed by atoms with E-state index in [0.717, 1.165) is 18.5 Å². The quantitative estimate of drug-likeness (QED) is 0.773. The molecule has 3 rings (SSSR count). The fraction of sp³-hybridized carbons (Fsp3) is 0.300. The minimum Gasteiger partial charge on any atom is -0.462 e. The summed E-state index contributed by atoms with van der Waals surface area (Å²) in [5, 5.41) is 6.06. The van der Waals surface area contributed by atoms with Crippen LogP contribution in [0, 0.1) is 0 Å². The summed E-state index contributed by atoms with van der Waals surface area (Å²) in [5.41, 5.74) is 2.65. The molecule has 1 unspecified atom stereocenters. The van der Waals surface area contributed by atoms with Crippen molar-refractivity contribution in [2.75, 3.05) is 23.8 Å². The van der Waals surface area contributed by atoms with Crippen molar-refractivity contribution in [1.29, 1.82) is 0 Å². The van der Waals surface area contributed by atoms with Gasteiger partial charge in [0.05, 0.1) is 17.9 Å². The average Bonchev–Trinajstić information content (AvgIpc) is 3.19. The van der Waals surface area contributed by atoms with Crippen LogP contribution in [-0.2, 0) is 14.3 Å². The molecule has 136 valence electrons. The molecule has 0 radical (unpaired) electrons. The van der Waals surface area contributed by atoms with E-state index in [1.807, 2.05) is 36.4 Å². The molecular formula is C20H22N2O4. The Morgan fingerprint density at radius 1 is 1.12 bits per heavy atom. The molecule has 0 spiro atoms. The molecule has 1 aliphatic heterocycles. The first kappa shape index (κ1) is 17.9. The van der Waals surface area contributed by atoms with Crippen molar-refractivity contribution in [3.05, 3.63) is 54.1 Å². The van der Waals surface area contributed by atoms with E-state index in [4.69, 9.17) is 9.47 Å². The van der Waals surface area contributed by atoms with Gasteiger partial charge in [-0.1, -0.05) is 12.1 Å². The normalized spacial score (nSPS) is 16.1. The maximum absolute atomic E-state index is 12.1. The molecule has 1 fully saturated rings. The van der Waals surface area contributed by atoms with E-state index in [-0.39, 0.29) is 18.0 Å². The fourth-order valence-electron chi connectivity index (χ4n) is 2.78. The van der Waals surface area contributed by atoms with E-state index in [9.17, 15) is 9.59 Å². The summed E-state index contributed by atoms with van der Waals surface area (Å²) in [4.78, 5) is 24.1. The van der Waals surface area contributed by atoms with Gasteiger partial charge in [0.1, 0.15) is 6.10 Å². The Labute approximate surface area is 152 Å². The Morgan fingerprint density at radius 3 is 2.54 bits per heavy atom. The molecule has 1 atom stereocenters. The predicted molar refractivity (Wildman–Crippen MR) is 99.7 cm³/mol. The van der Waals surface area contributed by atoms with Gasteiger partial charge in [-0.05, 0) is 56.2 Å². The number of amides is 1. The number of benzene rings is 2. The van der Waals surface area contributed by atoms with Gasteiger partial charge in [-0.2, -0.15) is 0 Å².